The molecule has 2 nitrogen and oxygen atoms in total. The molecule has 0 aromatic carbocycles. The summed E-state index contributed by atoms with van der Waals surface area (Å²) in [6.07, 6.45) is 6.74. The van der Waals surface area contributed by atoms with Gasteiger partial charge in [-0.2, -0.15) is 0 Å². The average Bonchev–Trinajstić information content (AvgIpc) is 2.33. The summed E-state index contributed by atoms with van der Waals surface area (Å²) in [6.45, 7) is 17.3. The third-order valence-corrected chi connectivity index (χ3v) is 2.42. The van der Waals surface area contributed by atoms with Crippen LogP contribution in [0, 0.1) is 23.3 Å². The van der Waals surface area contributed by atoms with Crippen molar-refractivity contribution in [3.8, 4) is 6.07 Å². The fourth-order valence-electron chi connectivity index (χ4n) is 1.43. The highest BCUT2D eigenvalue weighted by Gasteiger charge is 2.18. The van der Waals surface area contributed by atoms with E-state index in [0.717, 1.165) is 12.0 Å². The second-order valence-electron chi connectivity index (χ2n) is 4.55. The van der Waals surface area contributed by atoms with Crippen LogP contribution in [0.2, 0.25) is 0 Å². The van der Waals surface area contributed by atoms with Gasteiger partial charge in [-0.05, 0) is 17.4 Å². The van der Waals surface area contributed by atoms with Crippen LogP contribution in [-0.4, -0.2) is 0 Å². The van der Waals surface area contributed by atoms with Crippen molar-refractivity contribution in [2.24, 2.45) is 5.41 Å². The SMILES string of the molecule is CC.[C-]#[N+]/C(C#N)=C1/C=CCC(C(C)(C)C)=C1. The lowest BCUT2D eigenvalue weighted by molar-refractivity contribution is 0.492. The molecule has 2 heteroatoms. The highest BCUT2D eigenvalue weighted by molar-refractivity contribution is 5.49. The standard InChI is InChI=1S/C13H14N2.C2H6/c1-13(2,3)11-7-5-6-10(8-11)12(9-14)15-4;1-2/h5-6,8H,7H2,1-3H3;1-2H3/b12-10-;. The number of rotatable bonds is 0. The van der Waals surface area contributed by atoms with Crippen LogP contribution < -0.4 is 0 Å². The summed E-state index contributed by atoms with van der Waals surface area (Å²) < 4.78 is 0. The molecule has 17 heavy (non-hydrogen) atoms. The lowest BCUT2D eigenvalue weighted by Gasteiger charge is -2.24. The predicted molar refractivity (Wildman–Crippen MR) is 71.9 cm³/mol. The highest BCUT2D eigenvalue weighted by atomic mass is 14.7. The highest BCUT2D eigenvalue weighted by Crippen LogP contribution is 2.32. The van der Waals surface area contributed by atoms with Gasteiger partial charge in [0.1, 0.15) is 0 Å². The Balaban J connectivity index is 0.00000121. The molecule has 0 saturated heterocycles. The van der Waals surface area contributed by atoms with Gasteiger partial charge in [0.2, 0.25) is 0 Å². The van der Waals surface area contributed by atoms with Gasteiger partial charge in [0, 0.05) is 0 Å². The monoisotopic (exact) mass is 228 g/mol. The van der Waals surface area contributed by atoms with Crippen LogP contribution in [0.4, 0.5) is 0 Å². The Morgan fingerprint density at radius 1 is 1.41 bits per heavy atom. The molecule has 0 saturated carbocycles. The van der Waals surface area contributed by atoms with Gasteiger partial charge in [-0.15, -0.1) is 0 Å². The molecule has 0 bridgehead atoms. The molecule has 0 fully saturated rings. The van der Waals surface area contributed by atoms with Gasteiger partial charge >= 0.3 is 0 Å². The van der Waals surface area contributed by atoms with Crippen molar-refractivity contribution in [1.29, 1.82) is 5.26 Å². The third-order valence-electron chi connectivity index (χ3n) is 2.42. The smallest absolute Gasteiger partial charge is 0.226 e. The van der Waals surface area contributed by atoms with E-state index in [2.05, 4.69) is 25.6 Å². The number of hydrogen-bond acceptors (Lipinski definition) is 1. The van der Waals surface area contributed by atoms with Gasteiger partial charge in [0.05, 0.1) is 12.6 Å². The molecular formula is C15H20N2. The Labute approximate surface area is 105 Å². The Bertz CT molecular complexity index is 413. The third kappa shape index (κ3) is 4.29. The number of hydrogen-bond donors (Lipinski definition) is 0. The first-order valence-electron chi connectivity index (χ1n) is 5.88. The van der Waals surface area contributed by atoms with E-state index >= 15 is 0 Å². The normalized spacial score (nSPS) is 17.0. The molecule has 0 atom stereocenters. The van der Waals surface area contributed by atoms with E-state index in [0.29, 0.717) is 0 Å². The maximum Gasteiger partial charge on any atom is 0.268 e. The van der Waals surface area contributed by atoms with Crippen molar-refractivity contribution >= 4 is 0 Å². The van der Waals surface area contributed by atoms with Gasteiger partial charge in [-0.25, -0.2) is 10.1 Å². The van der Waals surface area contributed by atoms with E-state index in [9.17, 15) is 0 Å². The summed E-state index contributed by atoms with van der Waals surface area (Å²) in [5.41, 5.74) is 2.27. The van der Waals surface area contributed by atoms with Crippen molar-refractivity contribution in [3.05, 3.63) is 46.5 Å². The first-order valence-corrected chi connectivity index (χ1v) is 5.88. The van der Waals surface area contributed by atoms with Crippen molar-refractivity contribution in [3.63, 3.8) is 0 Å². The van der Waals surface area contributed by atoms with E-state index in [1.807, 2.05) is 38.1 Å². The van der Waals surface area contributed by atoms with Crippen molar-refractivity contribution in [2.45, 2.75) is 41.0 Å². The van der Waals surface area contributed by atoms with Crippen LogP contribution in [-0.2, 0) is 0 Å². The molecular weight excluding hydrogens is 208 g/mol. The van der Waals surface area contributed by atoms with Crippen molar-refractivity contribution < 1.29 is 0 Å². The van der Waals surface area contributed by atoms with Crippen LogP contribution in [0.3, 0.4) is 0 Å². The average molecular weight is 228 g/mol. The Morgan fingerprint density at radius 3 is 2.41 bits per heavy atom. The van der Waals surface area contributed by atoms with Crippen LogP contribution in [0.15, 0.2) is 35.1 Å². The van der Waals surface area contributed by atoms with E-state index in [1.54, 1.807) is 0 Å². The largest absolute Gasteiger partial charge is 0.268 e. The molecule has 1 rings (SSSR count). The second kappa shape index (κ2) is 6.71. The molecule has 0 spiro atoms. The number of nitriles is 1. The minimum Gasteiger partial charge on any atom is -0.226 e. The zero-order valence-electron chi connectivity index (χ0n) is 11.3. The van der Waals surface area contributed by atoms with Gasteiger partial charge < -0.3 is 0 Å². The second-order valence-corrected chi connectivity index (χ2v) is 4.55. The molecule has 0 amide bonds. The number of nitrogens with zero attached hydrogens (tertiary/aromatic N) is 2. The molecule has 0 unspecified atom stereocenters. The Hall–Kier alpha value is -1.80. The van der Waals surface area contributed by atoms with Crippen LogP contribution in [0.25, 0.3) is 4.85 Å². The molecule has 0 radical (unpaired) electrons. The van der Waals surface area contributed by atoms with Gasteiger partial charge in [0.25, 0.3) is 5.70 Å². The molecule has 90 valence electrons. The zero-order valence-corrected chi connectivity index (χ0v) is 11.3. The first-order chi connectivity index (χ1) is 7.99. The summed E-state index contributed by atoms with van der Waals surface area (Å²) in [5.74, 6) is 0. The van der Waals surface area contributed by atoms with Crippen LogP contribution >= 0.6 is 0 Å². The van der Waals surface area contributed by atoms with Crippen LogP contribution in [0.1, 0.15) is 41.0 Å². The van der Waals surface area contributed by atoms with E-state index < -0.39 is 0 Å². The molecule has 0 aliphatic heterocycles. The van der Waals surface area contributed by atoms with Gasteiger partial charge in [-0.3, -0.25) is 0 Å². The Morgan fingerprint density at radius 2 is 2.00 bits per heavy atom. The summed E-state index contributed by atoms with van der Waals surface area (Å²) in [7, 11) is 0. The van der Waals surface area contributed by atoms with Crippen LogP contribution in [0.5, 0.6) is 0 Å². The fourth-order valence-corrected chi connectivity index (χ4v) is 1.43. The van der Waals surface area contributed by atoms with E-state index in [4.69, 9.17) is 11.8 Å². The summed E-state index contributed by atoms with van der Waals surface area (Å²) in [4.78, 5) is 3.22. The fraction of sp³-hybridized carbons (Fsp3) is 0.467. The summed E-state index contributed by atoms with van der Waals surface area (Å²) in [5, 5.41) is 8.78. The first kappa shape index (κ1) is 15.2. The topological polar surface area (TPSA) is 28.1 Å². The molecule has 0 aromatic heterocycles. The lowest BCUT2D eigenvalue weighted by Crippen LogP contribution is -2.10. The van der Waals surface area contributed by atoms with Crippen molar-refractivity contribution in [2.75, 3.05) is 0 Å². The number of allylic oxidation sites excluding steroid dienone is 6. The molecule has 1 aliphatic rings. The minimum absolute atomic E-state index is 0.0958. The predicted octanol–water partition coefficient (Wildman–Crippen LogP) is 4.64. The molecule has 1 aliphatic carbocycles. The minimum atomic E-state index is 0.0958. The van der Waals surface area contributed by atoms with E-state index in [-0.39, 0.29) is 11.1 Å². The molecule has 0 heterocycles. The van der Waals surface area contributed by atoms with Gasteiger partial charge in [0.15, 0.2) is 0 Å². The zero-order chi connectivity index (χ0) is 13.5. The Kier molecular flexibility index (Phi) is 6.00. The maximum atomic E-state index is 8.78. The van der Waals surface area contributed by atoms with Crippen molar-refractivity contribution in [1.82, 2.24) is 0 Å². The van der Waals surface area contributed by atoms with Gasteiger partial charge in [-0.1, -0.05) is 58.4 Å². The molecule has 0 N–H and O–H groups in total. The summed E-state index contributed by atoms with van der Waals surface area (Å²) in [6, 6.07) is 1.92. The maximum absolute atomic E-state index is 8.78. The lowest BCUT2D eigenvalue weighted by atomic mass is 9.81. The molecule has 0 aromatic rings. The summed E-state index contributed by atoms with van der Waals surface area (Å²) >= 11 is 0. The quantitative estimate of drug-likeness (QED) is 0.438. The van der Waals surface area contributed by atoms with E-state index in [1.165, 1.54) is 5.57 Å².